The maximum Gasteiger partial charge on any atom is 0.347 e. The predicted molar refractivity (Wildman–Crippen MR) is 79.0 cm³/mol. The van der Waals surface area contributed by atoms with E-state index in [4.69, 9.17) is 5.11 Å². The highest BCUT2D eigenvalue weighted by molar-refractivity contribution is 7.89. The number of hydrogen-bond acceptors (Lipinski definition) is 5. The second kappa shape index (κ2) is 5.65. The summed E-state index contributed by atoms with van der Waals surface area (Å²) in [5, 5.41) is 14.4. The van der Waals surface area contributed by atoms with Crippen LogP contribution in [0, 0.1) is 6.92 Å². The minimum absolute atomic E-state index is 0.104. The molecule has 1 N–H and O–H groups in total. The number of thiophene rings is 2. The summed E-state index contributed by atoms with van der Waals surface area (Å²) in [6, 6.07) is 1.84. The van der Waals surface area contributed by atoms with Gasteiger partial charge in [0, 0.05) is 13.6 Å². The third-order valence-electron chi connectivity index (χ3n) is 2.77. The molecule has 0 bridgehead atoms. The maximum absolute atomic E-state index is 12.5. The average molecular weight is 331 g/mol. The van der Waals surface area contributed by atoms with E-state index in [0.717, 1.165) is 16.9 Å². The molecule has 20 heavy (non-hydrogen) atoms. The Bertz CT molecular complexity index is 716. The van der Waals surface area contributed by atoms with Gasteiger partial charge in [-0.25, -0.2) is 13.2 Å². The average Bonchev–Trinajstić information content (AvgIpc) is 2.98. The van der Waals surface area contributed by atoms with Gasteiger partial charge in [-0.1, -0.05) is 0 Å². The molecule has 2 aromatic heterocycles. The standard InChI is InChI=1S/C12H13NO4S3/c1-8-6-19-10(12(14)15)11(8)20(16,17)13(2)5-9-3-4-18-7-9/h3-4,6-7H,5H2,1-2H3,(H,14,15). The van der Waals surface area contributed by atoms with Crippen molar-refractivity contribution < 1.29 is 18.3 Å². The summed E-state index contributed by atoms with van der Waals surface area (Å²) in [6.07, 6.45) is 0. The number of rotatable bonds is 5. The fraction of sp³-hybridized carbons (Fsp3) is 0.250. The molecule has 108 valence electrons. The fourth-order valence-corrected chi connectivity index (χ4v) is 5.18. The number of nitrogens with zero attached hydrogens (tertiary/aromatic N) is 1. The number of aryl methyl sites for hydroxylation is 1. The number of hydrogen-bond donors (Lipinski definition) is 1. The van der Waals surface area contributed by atoms with Gasteiger partial charge in [0.05, 0.1) is 0 Å². The lowest BCUT2D eigenvalue weighted by Crippen LogP contribution is -2.27. The van der Waals surface area contributed by atoms with Gasteiger partial charge in [0.1, 0.15) is 9.77 Å². The van der Waals surface area contributed by atoms with Crippen LogP contribution in [0.4, 0.5) is 0 Å². The quantitative estimate of drug-likeness (QED) is 0.914. The second-order valence-electron chi connectivity index (χ2n) is 4.27. The first-order valence-electron chi connectivity index (χ1n) is 5.63. The van der Waals surface area contributed by atoms with Gasteiger partial charge in [-0.2, -0.15) is 15.6 Å². The molecule has 5 nitrogen and oxygen atoms in total. The first-order valence-corrected chi connectivity index (χ1v) is 8.89. The highest BCUT2D eigenvalue weighted by atomic mass is 32.2. The van der Waals surface area contributed by atoms with Crippen molar-refractivity contribution in [2.45, 2.75) is 18.4 Å². The van der Waals surface area contributed by atoms with Crippen LogP contribution >= 0.6 is 22.7 Å². The largest absolute Gasteiger partial charge is 0.477 e. The zero-order valence-corrected chi connectivity index (χ0v) is 13.3. The molecule has 2 heterocycles. The Balaban J connectivity index is 2.40. The molecule has 2 aromatic rings. The smallest absolute Gasteiger partial charge is 0.347 e. The van der Waals surface area contributed by atoms with Crippen molar-refractivity contribution in [1.82, 2.24) is 4.31 Å². The van der Waals surface area contributed by atoms with Crippen LogP contribution in [0.1, 0.15) is 20.8 Å². The normalized spacial score (nSPS) is 11.9. The molecule has 2 rings (SSSR count). The summed E-state index contributed by atoms with van der Waals surface area (Å²) in [5.74, 6) is -1.22. The molecule has 0 saturated carbocycles. The Morgan fingerprint density at radius 1 is 1.40 bits per heavy atom. The molecule has 0 aromatic carbocycles. The second-order valence-corrected chi connectivity index (χ2v) is 7.92. The van der Waals surface area contributed by atoms with Gasteiger partial charge in [0.2, 0.25) is 10.0 Å². The van der Waals surface area contributed by atoms with Crippen molar-refractivity contribution in [1.29, 1.82) is 0 Å². The minimum Gasteiger partial charge on any atom is -0.477 e. The zero-order valence-electron chi connectivity index (χ0n) is 10.9. The Morgan fingerprint density at radius 3 is 2.65 bits per heavy atom. The van der Waals surface area contributed by atoms with Gasteiger partial charge in [-0.15, -0.1) is 11.3 Å². The van der Waals surface area contributed by atoms with Gasteiger partial charge < -0.3 is 5.11 Å². The van der Waals surface area contributed by atoms with Crippen LogP contribution in [0.25, 0.3) is 0 Å². The number of carboxylic acid groups (broad SMARTS) is 1. The maximum atomic E-state index is 12.5. The highest BCUT2D eigenvalue weighted by Gasteiger charge is 2.30. The van der Waals surface area contributed by atoms with Crippen molar-refractivity contribution in [3.05, 3.63) is 38.2 Å². The molecule has 0 saturated heterocycles. The van der Waals surface area contributed by atoms with Gasteiger partial charge in [0.25, 0.3) is 0 Å². The summed E-state index contributed by atoms with van der Waals surface area (Å²) in [5.41, 5.74) is 1.34. The lowest BCUT2D eigenvalue weighted by Gasteiger charge is -2.17. The molecule has 0 atom stereocenters. The lowest BCUT2D eigenvalue weighted by atomic mass is 10.3. The molecule has 0 aliphatic rings. The molecule has 0 unspecified atom stereocenters. The van der Waals surface area contributed by atoms with Crippen molar-refractivity contribution in [2.24, 2.45) is 0 Å². The molecule has 0 amide bonds. The van der Waals surface area contributed by atoms with E-state index < -0.39 is 16.0 Å². The monoisotopic (exact) mass is 331 g/mol. The van der Waals surface area contributed by atoms with E-state index in [2.05, 4.69) is 0 Å². The fourth-order valence-electron chi connectivity index (χ4n) is 1.78. The van der Waals surface area contributed by atoms with Crippen LogP contribution in [-0.4, -0.2) is 30.8 Å². The van der Waals surface area contributed by atoms with Crippen LogP contribution in [0.5, 0.6) is 0 Å². The van der Waals surface area contributed by atoms with Gasteiger partial charge in [-0.3, -0.25) is 0 Å². The van der Waals surface area contributed by atoms with Crippen LogP contribution in [-0.2, 0) is 16.6 Å². The predicted octanol–water partition coefficient (Wildman–Crippen LogP) is 2.64. The summed E-state index contributed by atoms with van der Waals surface area (Å²) < 4.78 is 26.3. The molecule has 8 heteroatoms. The van der Waals surface area contributed by atoms with E-state index in [-0.39, 0.29) is 16.3 Å². The third-order valence-corrected chi connectivity index (χ3v) is 6.70. The van der Waals surface area contributed by atoms with Gasteiger partial charge >= 0.3 is 5.97 Å². The van der Waals surface area contributed by atoms with Crippen LogP contribution in [0.2, 0.25) is 0 Å². The van der Waals surface area contributed by atoms with Crippen LogP contribution < -0.4 is 0 Å². The van der Waals surface area contributed by atoms with Gasteiger partial charge in [0.15, 0.2) is 0 Å². The van der Waals surface area contributed by atoms with Crippen molar-refractivity contribution >= 4 is 38.7 Å². The molecule has 0 aliphatic carbocycles. The highest BCUT2D eigenvalue weighted by Crippen LogP contribution is 2.29. The van der Waals surface area contributed by atoms with Crippen molar-refractivity contribution in [3.63, 3.8) is 0 Å². The van der Waals surface area contributed by atoms with E-state index in [1.807, 2.05) is 16.8 Å². The van der Waals surface area contributed by atoms with Crippen molar-refractivity contribution in [2.75, 3.05) is 7.05 Å². The molecule has 0 aliphatic heterocycles. The third kappa shape index (κ3) is 2.78. The molecular formula is C12H13NO4S3. The van der Waals surface area contributed by atoms with Crippen LogP contribution in [0.15, 0.2) is 27.1 Å². The van der Waals surface area contributed by atoms with Gasteiger partial charge in [-0.05, 0) is 40.3 Å². The summed E-state index contributed by atoms with van der Waals surface area (Å²) in [7, 11) is -2.36. The topological polar surface area (TPSA) is 74.7 Å². The number of aromatic carboxylic acids is 1. The van der Waals surface area contributed by atoms with E-state index in [1.165, 1.54) is 22.7 Å². The Kier molecular flexibility index (Phi) is 4.28. The Hall–Kier alpha value is -1.22. The van der Waals surface area contributed by atoms with E-state index in [0.29, 0.717) is 5.56 Å². The summed E-state index contributed by atoms with van der Waals surface area (Å²) in [4.78, 5) is 10.9. The first-order chi connectivity index (χ1) is 9.34. The SMILES string of the molecule is Cc1csc(C(=O)O)c1S(=O)(=O)N(C)Cc1ccsc1. The molecule has 0 radical (unpaired) electrons. The lowest BCUT2D eigenvalue weighted by molar-refractivity contribution is 0.0698. The van der Waals surface area contributed by atoms with E-state index in [1.54, 1.807) is 12.3 Å². The molecule has 0 fully saturated rings. The van der Waals surface area contributed by atoms with Crippen LogP contribution in [0.3, 0.4) is 0 Å². The Morgan fingerprint density at radius 2 is 2.10 bits per heavy atom. The number of sulfonamides is 1. The zero-order chi connectivity index (χ0) is 14.9. The number of carboxylic acids is 1. The molecule has 0 spiro atoms. The van der Waals surface area contributed by atoms with E-state index in [9.17, 15) is 13.2 Å². The van der Waals surface area contributed by atoms with Crippen molar-refractivity contribution in [3.8, 4) is 0 Å². The summed E-state index contributed by atoms with van der Waals surface area (Å²) in [6.45, 7) is 1.83. The van der Waals surface area contributed by atoms with E-state index >= 15 is 0 Å². The summed E-state index contributed by atoms with van der Waals surface area (Å²) >= 11 is 2.42. The first kappa shape index (κ1) is 15.2. The minimum atomic E-state index is -3.81. The molecular weight excluding hydrogens is 318 g/mol. The Labute approximate surface area is 125 Å². The number of carbonyl (C=O) groups is 1.